The van der Waals surface area contributed by atoms with E-state index >= 15 is 0 Å². The molecule has 1 saturated heterocycles. The van der Waals surface area contributed by atoms with Crippen molar-refractivity contribution in [2.24, 2.45) is 17.6 Å². The number of hydrogen-bond donors (Lipinski definition) is 2. The fourth-order valence-corrected chi connectivity index (χ4v) is 3.89. The van der Waals surface area contributed by atoms with Gasteiger partial charge in [0.15, 0.2) is 0 Å². The zero-order valence-corrected chi connectivity index (χ0v) is 11.3. The zero-order valence-electron chi connectivity index (χ0n) is 11.3. The van der Waals surface area contributed by atoms with E-state index in [-0.39, 0.29) is 0 Å². The molecule has 2 aliphatic rings. The van der Waals surface area contributed by atoms with E-state index in [0.717, 1.165) is 31.0 Å². The Morgan fingerprint density at radius 3 is 2.24 bits per heavy atom. The van der Waals surface area contributed by atoms with Gasteiger partial charge in [0.25, 0.3) is 0 Å². The van der Waals surface area contributed by atoms with E-state index in [0.29, 0.717) is 0 Å². The Labute approximate surface area is 106 Å². The monoisotopic (exact) mass is 239 g/mol. The Morgan fingerprint density at radius 1 is 1.12 bits per heavy atom. The summed E-state index contributed by atoms with van der Waals surface area (Å²) < 4.78 is 0. The molecule has 0 aromatic heterocycles. The van der Waals surface area contributed by atoms with Crippen molar-refractivity contribution in [2.75, 3.05) is 33.2 Å². The molecule has 0 radical (unpaired) electrons. The van der Waals surface area contributed by atoms with E-state index in [1.54, 1.807) is 0 Å². The van der Waals surface area contributed by atoms with Crippen molar-refractivity contribution in [1.82, 2.24) is 10.2 Å². The topological polar surface area (TPSA) is 41.3 Å². The maximum atomic E-state index is 5.63. The Bertz CT molecular complexity index is 206. The third kappa shape index (κ3) is 3.43. The lowest BCUT2D eigenvalue weighted by Gasteiger charge is -2.38. The van der Waals surface area contributed by atoms with Crippen molar-refractivity contribution in [3.8, 4) is 0 Å². The van der Waals surface area contributed by atoms with Gasteiger partial charge in [-0.3, -0.25) is 0 Å². The van der Waals surface area contributed by atoms with Crippen LogP contribution in [0.15, 0.2) is 0 Å². The van der Waals surface area contributed by atoms with E-state index in [9.17, 15) is 0 Å². The molecule has 0 bridgehead atoms. The lowest BCUT2D eigenvalue weighted by Crippen LogP contribution is -2.46. The highest BCUT2D eigenvalue weighted by molar-refractivity contribution is 4.88. The molecule has 100 valence electrons. The predicted octanol–water partition coefficient (Wildman–Crippen LogP) is 1.44. The average Bonchev–Trinajstić information content (AvgIpc) is 2.86. The SMILES string of the molecule is CNC(C1CCCC1)C1CCN(CCN)CC1. The van der Waals surface area contributed by atoms with Gasteiger partial charge in [0.1, 0.15) is 0 Å². The molecule has 1 aliphatic carbocycles. The van der Waals surface area contributed by atoms with Crippen LogP contribution in [-0.2, 0) is 0 Å². The summed E-state index contributed by atoms with van der Waals surface area (Å²) in [6, 6.07) is 0.775. The molecule has 0 spiro atoms. The van der Waals surface area contributed by atoms with Crippen molar-refractivity contribution >= 4 is 0 Å². The van der Waals surface area contributed by atoms with Gasteiger partial charge in [0.2, 0.25) is 0 Å². The van der Waals surface area contributed by atoms with Crippen LogP contribution in [0.4, 0.5) is 0 Å². The molecule has 3 N–H and O–H groups in total. The first-order chi connectivity index (χ1) is 8.35. The second-order valence-electron chi connectivity index (χ2n) is 5.83. The average molecular weight is 239 g/mol. The maximum absolute atomic E-state index is 5.63. The van der Waals surface area contributed by atoms with Crippen LogP contribution in [0.5, 0.6) is 0 Å². The predicted molar refractivity (Wildman–Crippen MR) is 73.0 cm³/mol. The van der Waals surface area contributed by atoms with Crippen molar-refractivity contribution < 1.29 is 0 Å². The molecule has 2 fully saturated rings. The van der Waals surface area contributed by atoms with Gasteiger partial charge >= 0.3 is 0 Å². The summed E-state index contributed by atoms with van der Waals surface area (Å²) in [6.45, 7) is 4.41. The molecule has 1 atom stereocenters. The molecule has 1 unspecified atom stereocenters. The minimum atomic E-state index is 0.775. The summed E-state index contributed by atoms with van der Waals surface area (Å²) in [5.74, 6) is 1.85. The van der Waals surface area contributed by atoms with E-state index in [1.807, 2.05) is 0 Å². The van der Waals surface area contributed by atoms with Gasteiger partial charge in [-0.05, 0) is 57.7 Å². The van der Waals surface area contributed by atoms with Crippen LogP contribution >= 0.6 is 0 Å². The first-order valence-electron chi connectivity index (χ1n) is 7.45. The van der Waals surface area contributed by atoms with E-state index in [4.69, 9.17) is 5.73 Å². The van der Waals surface area contributed by atoms with Gasteiger partial charge in [0.05, 0.1) is 0 Å². The van der Waals surface area contributed by atoms with Crippen LogP contribution in [0.25, 0.3) is 0 Å². The molecule has 17 heavy (non-hydrogen) atoms. The van der Waals surface area contributed by atoms with Crippen LogP contribution in [0.2, 0.25) is 0 Å². The molecule has 0 amide bonds. The van der Waals surface area contributed by atoms with Crippen molar-refractivity contribution in [2.45, 2.75) is 44.6 Å². The van der Waals surface area contributed by atoms with Crippen molar-refractivity contribution in [1.29, 1.82) is 0 Å². The first kappa shape index (κ1) is 13.3. The molecule has 0 aromatic carbocycles. The lowest BCUT2D eigenvalue weighted by atomic mass is 9.81. The molecule has 3 heteroatoms. The smallest absolute Gasteiger partial charge is 0.0121 e. The molecular weight excluding hydrogens is 210 g/mol. The second-order valence-corrected chi connectivity index (χ2v) is 5.83. The summed E-state index contributed by atoms with van der Waals surface area (Å²) in [5.41, 5.74) is 5.63. The summed E-state index contributed by atoms with van der Waals surface area (Å²) in [6.07, 6.45) is 8.54. The van der Waals surface area contributed by atoms with Gasteiger partial charge in [-0.1, -0.05) is 12.8 Å². The molecular formula is C14H29N3. The highest BCUT2D eigenvalue weighted by atomic mass is 15.1. The number of nitrogens with zero attached hydrogens (tertiary/aromatic N) is 1. The van der Waals surface area contributed by atoms with Crippen LogP contribution in [-0.4, -0.2) is 44.2 Å². The van der Waals surface area contributed by atoms with Gasteiger partial charge in [-0.15, -0.1) is 0 Å². The number of hydrogen-bond acceptors (Lipinski definition) is 3. The lowest BCUT2D eigenvalue weighted by molar-refractivity contribution is 0.142. The van der Waals surface area contributed by atoms with Crippen molar-refractivity contribution in [3.05, 3.63) is 0 Å². The Balaban J connectivity index is 1.81. The number of rotatable bonds is 5. The summed E-state index contributed by atoms with van der Waals surface area (Å²) in [5, 5.41) is 3.62. The molecule has 1 heterocycles. The number of nitrogens with one attached hydrogen (secondary N) is 1. The largest absolute Gasteiger partial charge is 0.329 e. The van der Waals surface area contributed by atoms with E-state index in [1.165, 1.54) is 51.6 Å². The van der Waals surface area contributed by atoms with Gasteiger partial charge in [0, 0.05) is 19.1 Å². The highest BCUT2D eigenvalue weighted by Gasteiger charge is 2.32. The first-order valence-corrected chi connectivity index (χ1v) is 7.45. The normalized spacial score (nSPS) is 26.5. The summed E-state index contributed by atoms with van der Waals surface area (Å²) in [4.78, 5) is 2.53. The van der Waals surface area contributed by atoms with Crippen LogP contribution in [0.3, 0.4) is 0 Å². The number of likely N-dealkylation sites (tertiary alicyclic amines) is 1. The number of piperidine rings is 1. The third-order valence-electron chi connectivity index (χ3n) is 4.83. The van der Waals surface area contributed by atoms with Crippen molar-refractivity contribution in [3.63, 3.8) is 0 Å². The van der Waals surface area contributed by atoms with Gasteiger partial charge < -0.3 is 16.0 Å². The minimum absolute atomic E-state index is 0.775. The van der Waals surface area contributed by atoms with Crippen LogP contribution < -0.4 is 11.1 Å². The highest BCUT2D eigenvalue weighted by Crippen LogP contribution is 2.34. The van der Waals surface area contributed by atoms with Crippen LogP contribution in [0, 0.1) is 11.8 Å². The Kier molecular flexibility index (Phi) is 5.26. The maximum Gasteiger partial charge on any atom is 0.0121 e. The minimum Gasteiger partial charge on any atom is -0.329 e. The quantitative estimate of drug-likeness (QED) is 0.763. The molecule has 0 aromatic rings. The molecule has 2 rings (SSSR count). The third-order valence-corrected chi connectivity index (χ3v) is 4.83. The fourth-order valence-electron chi connectivity index (χ4n) is 3.89. The Morgan fingerprint density at radius 2 is 1.71 bits per heavy atom. The molecule has 1 saturated carbocycles. The molecule has 3 nitrogen and oxygen atoms in total. The molecule has 1 aliphatic heterocycles. The number of nitrogens with two attached hydrogens (primary N) is 1. The Hall–Kier alpha value is -0.120. The zero-order chi connectivity index (χ0) is 12.1. The summed E-state index contributed by atoms with van der Waals surface area (Å²) >= 11 is 0. The standard InChI is InChI=1S/C14H29N3/c1-16-14(12-4-2-3-5-12)13-6-9-17(10-7-13)11-8-15/h12-14,16H,2-11,15H2,1H3. The fraction of sp³-hybridized carbons (Fsp3) is 1.00. The second kappa shape index (κ2) is 6.72. The van der Waals surface area contributed by atoms with Gasteiger partial charge in [-0.2, -0.15) is 0 Å². The van der Waals surface area contributed by atoms with E-state index < -0.39 is 0 Å². The van der Waals surface area contributed by atoms with Gasteiger partial charge in [-0.25, -0.2) is 0 Å². The van der Waals surface area contributed by atoms with E-state index in [2.05, 4.69) is 17.3 Å². The van der Waals surface area contributed by atoms with Crippen LogP contribution in [0.1, 0.15) is 38.5 Å². The summed E-state index contributed by atoms with van der Waals surface area (Å²) in [7, 11) is 2.16.